The van der Waals surface area contributed by atoms with Gasteiger partial charge in [0.2, 0.25) is 6.10 Å². The molecule has 1 heterocycles. The Labute approximate surface area is 111 Å². The van der Waals surface area contributed by atoms with E-state index in [9.17, 15) is 4.79 Å². The van der Waals surface area contributed by atoms with Gasteiger partial charge < -0.3 is 4.74 Å². The fraction of sp³-hybridized carbons (Fsp3) is 0.250. The number of aryl methyl sites for hydroxylation is 2. The van der Waals surface area contributed by atoms with Gasteiger partial charge in [-0.1, -0.05) is 19.1 Å². The van der Waals surface area contributed by atoms with Gasteiger partial charge in [-0.05, 0) is 47.4 Å². The molecule has 0 aliphatic carbocycles. The molecule has 0 aromatic heterocycles. The smallest absolute Gasteiger partial charge is 0.340 e. The summed E-state index contributed by atoms with van der Waals surface area (Å²) in [5.74, 6) is -0.401. The van der Waals surface area contributed by atoms with Crippen LogP contribution in [0, 0.1) is 18.3 Å². The highest BCUT2D eigenvalue weighted by atomic mass is 16.5. The topological polar surface area (TPSA) is 50.1 Å². The van der Waals surface area contributed by atoms with Crippen LogP contribution < -0.4 is 0 Å². The molecule has 1 unspecified atom stereocenters. The van der Waals surface area contributed by atoms with Gasteiger partial charge in [0.05, 0.1) is 5.56 Å². The number of hydrogen-bond donors (Lipinski definition) is 0. The first-order valence-corrected chi connectivity index (χ1v) is 6.31. The molecule has 1 aliphatic rings. The van der Waals surface area contributed by atoms with E-state index < -0.39 is 12.1 Å². The Hall–Kier alpha value is -2.34. The van der Waals surface area contributed by atoms with E-state index in [0.29, 0.717) is 11.1 Å². The quantitative estimate of drug-likeness (QED) is 0.729. The van der Waals surface area contributed by atoms with Crippen molar-refractivity contribution in [2.24, 2.45) is 0 Å². The number of rotatable bonds is 1. The first kappa shape index (κ1) is 11.7. The first-order chi connectivity index (χ1) is 9.13. The fourth-order valence-corrected chi connectivity index (χ4v) is 2.63. The lowest BCUT2D eigenvalue weighted by molar-refractivity contribution is 0.0478. The van der Waals surface area contributed by atoms with E-state index in [1.54, 1.807) is 0 Å². The molecule has 0 N–H and O–H groups in total. The number of fused-ring (bicyclic) bond motifs is 2. The molecule has 0 saturated heterocycles. The lowest BCUT2D eigenvalue weighted by atomic mass is 9.95. The van der Waals surface area contributed by atoms with Gasteiger partial charge in [0.1, 0.15) is 6.07 Å². The summed E-state index contributed by atoms with van der Waals surface area (Å²) in [7, 11) is 0. The van der Waals surface area contributed by atoms with Crippen LogP contribution in [-0.4, -0.2) is 5.97 Å². The van der Waals surface area contributed by atoms with Crippen molar-refractivity contribution < 1.29 is 9.53 Å². The molecule has 0 radical (unpaired) electrons. The molecule has 2 aromatic rings. The Kier molecular flexibility index (Phi) is 2.53. The van der Waals surface area contributed by atoms with Gasteiger partial charge in [0, 0.05) is 5.56 Å². The maximum absolute atomic E-state index is 11.7. The number of esters is 1. The van der Waals surface area contributed by atoms with Crippen LogP contribution in [0.15, 0.2) is 24.3 Å². The van der Waals surface area contributed by atoms with Crippen LogP contribution in [0.2, 0.25) is 0 Å². The molecule has 19 heavy (non-hydrogen) atoms. The monoisotopic (exact) mass is 251 g/mol. The van der Waals surface area contributed by atoms with Crippen LogP contribution >= 0.6 is 0 Å². The van der Waals surface area contributed by atoms with Crippen molar-refractivity contribution in [1.29, 1.82) is 5.26 Å². The molecule has 3 rings (SSSR count). The number of cyclic esters (lactones) is 1. The summed E-state index contributed by atoms with van der Waals surface area (Å²) in [5, 5.41) is 11.1. The average Bonchev–Trinajstić information content (AvgIpc) is 2.72. The van der Waals surface area contributed by atoms with Crippen molar-refractivity contribution >= 4 is 16.7 Å². The van der Waals surface area contributed by atoms with Crippen LogP contribution in [0.3, 0.4) is 0 Å². The third kappa shape index (κ3) is 1.68. The number of carbonyl (C=O) groups excluding carboxylic acids is 1. The summed E-state index contributed by atoms with van der Waals surface area (Å²) in [6.45, 7) is 4.19. The zero-order valence-corrected chi connectivity index (χ0v) is 10.9. The SMILES string of the molecule is CCc1cc2cc3c(cc2cc1C)C(C#N)OC3=O. The predicted molar refractivity (Wildman–Crippen MR) is 71.8 cm³/mol. The normalized spacial score (nSPS) is 17.1. The van der Waals surface area contributed by atoms with Gasteiger partial charge in [-0.3, -0.25) is 0 Å². The van der Waals surface area contributed by atoms with Gasteiger partial charge in [-0.15, -0.1) is 0 Å². The van der Waals surface area contributed by atoms with Crippen molar-refractivity contribution in [1.82, 2.24) is 0 Å². The molecular formula is C16H13NO2. The number of carbonyl (C=O) groups is 1. The Bertz CT molecular complexity index is 740. The van der Waals surface area contributed by atoms with Gasteiger partial charge >= 0.3 is 5.97 Å². The third-order valence-corrected chi connectivity index (χ3v) is 3.69. The van der Waals surface area contributed by atoms with E-state index >= 15 is 0 Å². The molecule has 3 nitrogen and oxygen atoms in total. The van der Waals surface area contributed by atoms with Crippen molar-refractivity contribution in [3.05, 3.63) is 46.5 Å². The highest BCUT2D eigenvalue weighted by Crippen LogP contribution is 2.34. The van der Waals surface area contributed by atoms with Crippen LogP contribution in [0.5, 0.6) is 0 Å². The molecule has 0 fully saturated rings. The number of hydrogen-bond acceptors (Lipinski definition) is 3. The van der Waals surface area contributed by atoms with Gasteiger partial charge in [0.15, 0.2) is 0 Å². The van der Waals surface area contributed by atoms with E-state index in [4.69, 9.17) is 10.00 Å². The minimum Gasteiger partial charge on any atom is -0.438 e. The summed E-state index contributed by atoms with van der Waals surface area (Å²) in [4.78, 5) is 11.7. The maximum atomic E-state index is 11.7. The van der Waals surface area contributed by atoms with Crippen LogP contribution in [0.25, 0.3) is 10.8 Å². The van der Waals surface area contributed by atoms with E-state index in [0.717, 1.165) is 17.2 Å². The first-order valence-electron chi connectivity index (χ1n) is 6.31. The van der Waals surface area contributed by atoms with Crippen molar-refractivity contribution in [3.8, 4) is 6.07 Å². The standard InChI is InChI=1S/C16H13NO2/c1-3-10-5-12-7-14-13(6-11(12)4-9(10)2)15(8-17)19-16(14)18/h4-7,15H,3H2,1-2H3. The largest absolute Gasteiger partial charge is 0.438 e. The number of benzene rings is 2. The molecule has 94 valence electrons. The Morgan fingerprint density at radius 2 is 2.00 bits per heavy atom. The zero-order chi connectivity index (χ0) is 13.6. The summed E-state index contributed by atoms with van der Waals surface area (Å²) < 4.78 is 5.04. The van der Waals surface area contributed by atoms with E-state index in [2.05, 4.69) is 26.0 Å². The molecule has 3 heteroatoms. The van der Waals surface area contributed by atoms with Crippen LogP contribution in [0.4, 0.5) is 0 Å². The van der Waals surface area contributed by atoms with Gasteiger partial charge in [0.25, 0.3) is 0 Å². The lowest BCUT2D eigenvalue weighted by Gasteiger charge is -2.08. The maximum Gasteiger partial charge on any atom is 0.340 e. The van der Waals surface area contributed by atoms with Crippen LogP contribution in [0.1, 0.15) is 40.1 Å². The Morgan fingerprint density at radius 3 is 2.68 bits per heavy atom. The second-order valence-electron chi connectivity index (χ2n) is 4.83. The molecule has 0 bridgehead atoms. The third-order valence-electron chi connectivity index (χ3n) is 3.69. The minimum absolute atomic E-state index is 0.401. The predicted octanol–water partition coefficient (Wildman–Crippen LogP) is 3.45. The zero-order valence-electron chi connectivity index (χ0n) is 10.9. The molecule has 0 amide bonds. The number of nitrogens with zero attached hydrogens (tertiary/aromatic N) is 1. The summed E-state index contributed by atoms with van der Waals surface area (Å²) in [6, 6.07) is 9.96. The Morgan fingerprint density at radius 1 is 1.26 bits per heavy atom. The fourth-order valence-electron chi connectivity index (χ4n) is 2.63. The van der Waals surface area contributed by atoms with Gasteiger partial charge in [-0.2, -0.15) is 5.26 Å². The van der Waals surface area contributed by atoms with Gasteiger partial charge in [-0.25, -0.2) is 4.79 Å². The highest BCUT2D eigenvalue weighted by molar-refractivity contribution is 6.00. The molecule has 0 saturated carbocycles. The van der Waals surface area contributed by atoms with Crippen molar-refractivity contribution in [2.45, 2.75) is 26.4 Å². The second kappa shape index (κ2) is 4.10. The molecule has 2 aromatic carbocycles. The number of ether oxygens (including phenoxy) is 1. The van der Waals surface area contributed by atoms with Crippen molar-refractivity contribution in [2.75, 3.05) is 0 Å². The highest BCUT2D eigenvalue weighted by Gasteiger charge is 2.31. The summed E-state index contributed by atoms with van der Waals surface area (Å²) in [6.07, 6.45) is 0.197. The summed E-state index contributed by atoms with van der Waals surface area (Å²) in [5.41, 5.74) is 3.71. The van der Waals surface area contributed by atoms with Crippen LogP contribution in [-0.2, 0) is 11.2 Å². The average molecular weight is 251 g/mol. The lowest BCUT2D eigenvalue weighted by Crippen LogP contribution is -1.95. The van der Waals surface area contributed by atoms with E-state index in [1.165, 1.54) is 11.1 Å². The minimum atomic E-state index is -0.766. The van der Waals surface area contributed by atoms with E-state index in [1.807, 2.05) is 18.2 Å². The summed E-state index contributed by atoms with van der Waals surface area (Å²) >= 11 is 0. The van der Waals surface area contributed by atoms with Crippen molar-refractivity contribution in [3.63, 3.8) is 0 Å². The number of nitriles is 1. The molecule has 1 aliphatic heterocycles. The second-order valence-corrected chi connectivity index (χ2v) is 4.83. The Balaban J connectivity index is 2.30. The molecular weight excluding hydrogens is 238 g/mol. The molecule has 1 atom stereocenters. The van der Waals surface area contributed by atoms with E-state index in [-0.39, 0.29) is 0 Å². The molecule has 0 spiro atoms.